The summed E-state index contributed by atoms with van der Waals surface area (Å²) in [6.45, 7) is 0.875. The number of halogens is 1. The fourth-order valence-corrected chi connectivity index (χ4v) is 4.23. The molecule has 122 valence electrons. The average molecular weight is 418 g/mol. The lowest BCUT2D eigenvalue weighted by molar-refractivity contribution is 1.16. The van der Waals surface area contributed by atoms with Gasteiger partial charge in [-0.2, -0.15) is 0 Å². The van der Waals surface area contributed by atoms with E-state index < -0.39 is 0 Å². The van der Waals surface area contributed by atoms with Gasteiger partial charge in [0.1, 0.15) is 0 Å². The number of para-hydroxylation sites is 1. The lowest BCUT2D eigenvalue weighted by atomic mass is 10.2. The Hall–Kier alpha value is -1.63. The predicted octanol–water partition coefficient (Wildman–Crippen LogP) is 5.63. The van der Waals surface area contributed by atoms with Crippen LogP contribution in [0.25, 0.3) is 11.3 Å². The molecule has 3 nitrogen and oxygen atoms in total. The predicted molar refractivity (Wildman–Crippen MR) is 111 cm³/mol. The molecule has 1 aliphatic rings. The minimum atomic E-state index is 0. The highest BCUT2D eigenvalue weighted by atomic mass is 79.9. The van der Waals surface area contributed by atoms with Gasteiger partial charge >= 0.3 is 0 Å². The molecule has 4 rings (SSSR count). The molecule has 0 amide bonds. The average Bonchev–Trinajstić information content (AvgIpc) is 3.30. The molecule has 0 atom stereocenters. The minimum Gasteiger partial charge on any atom is -0.265 e. The molecule has 2 aromatic carbocycles. The van der Waals surface area contributed by atoms with Crippen molar-refractivity contribution in [2.45, 2.75) is 0 Å². The zero-order valence-corrected chi connectivity index (χ0v) is 16.2. The van der Waals surface area contributed by atoms with Gasteiger partial charge in [-0.3, -0.25) is 9.89 Å². The van der Waals surface area contributed by atoms with Gasteiger partial charge < -0.3 is 0 Å². The highest BCUT2D eigenvalue weighted by molar-refractivity contribution is 8.93. The van der Waals surface area contributed by atoms with Crippen LogP contribution in [0.2, 0.25) is 0 Å². The SMILES string of the molecule is Br.c1ccc(-c2csc(N(C3=NCCS3)c3ccccc3)n2)cc1. The molecule has 0 unspecified atom stereocenters. The summed E-state index contributed by atoms with van der Waals surface area (Å²) in [5.41, 5.74) is 3.26. The molecule has 0 saturated heterocycles. The molecular weight excluding hydrogens is 402 g/mol. The maximum absolute atomic E-state index is 4.85. The van der Waals surface area contributed by atoms with Crippen LogP contribution in [0.5, 0.6) is 0 Å². The van der Waals surface area contributed by atoms with Gasteiger partial charge in [0.25, 0.3) is 0 Å². The largest absolute Gasteiger partial charge is 0.265 e. The van der Waals surface area contributed by atoms with Crippen LogP contribution in [-0.2, 0) is 0 Å². The molecule has 2 heterocycles. The molecular formula is C18H16BrN3S2. The number of nitrogens with zero attached hydrogens (tertiary/aromatic N) is 3. The van der Waals surface area contributed by atoms with Crippen LogP contribution in [0.15, 0.2) is 71.0 Å². The first-order valence-corrected chi connectivity index (χ1v) is 9.32. The number of benzene rings is 2. The maximum Gasteiger partial charge on any atom is 0.196 e. The summed E-state index contributed by atoms with van der Waals surface area (Å²) in [5, 5.41) is 4.11. The molecule has 6 heteroatoms. The van der Waals surface area contributed by atoms with Gasteiger partial charge in [-0.1, -0.05) is 60.3 Å². The van der Waals surface area contributed by atoms with Crippen molar-refractivity contribution < 1.29 is 0 Å². The molecule has 0 bridgehead atoms. The van der Waals surface area contributed by atoms with Gasteiger partial charge in [0.2, 0.25) is 0 Å². The Morgan fingerprint density at radius 3 is 2.29 bits per heavy atom. The third-order valence-corrected chi connectivity index (χ3v) is 5.31. The molecule has 0 saturated carbocycles. The summed E-state index contributed by atoms with van der Waals surface area (Å²) in [6, 6.07) is 20.6. The van der Waals surface area contributed by atoms with E-state index in [0.717, 1.165) is 39.5 Å². The summed E-state index contributed by atoms with van der Waals surface area (Å²) < 4.78 is 0. The van der Waals surface area contributed by atoms with E-state index in [1.165, 1.54) is 0 Å². The van der Waals surface area contributed by atoms with Crippen LogP contribution in [0.1, 0.15) is 0 Å². The van der Waals surface area contributed by atoms with Crippen molar-refractivity contribution in [2.75, 3.05) is 17.2 Å². The third kappa shape index (κ3) is 3.55. The summed E-state index contributed by atoms with van der Waals surface area (Å²) in [6.07, 6.45) is 0. The molecule has 0 spiro atoms. The fourth-order valence-electron chi connectivity index (χ4n) is 2.45. The van der Waals surface area contributed by atoms with Crippen LogP contribution < -0.4 is 4.90 Å². The van der Waals surface area contributed by atoms with E-state index in [-0.39, 0.29) is 17.0 Å². The minimum absolute atomic E-state index is 0. The Morgan fingerprint density at radius 1 is 0.917 bits per heavy atom. The van der Waals surface area contributed by atoms with Crippen molar-refractivity contribution in [3.05, 3.63) is 66.0 Å². The van der Waals surface area contributed by atoms with E-state index in [1.807, 2.05) is 36.4 Å². The maximum atomic E-state index is 4.85. The first-order valence-electron chi connectivity index (χ1n) is 7.45. The van der Waals surface area contributed by atoms with Crippen LogP contribution >= 0.6 is 40.1 Å². The van der Waals surface area contributed by atoms with Gasteiger partial charge in [0.05, 0.1) is 17.9 Å². The Balaban J connectivity index is 0.00000169. The van der Waals surface area contributed by atoms with Gasteiger partial charge in [-0.15, -0.1) is 28.3 Å². The second-order valence-electron chi connectivity index (χ2n) is 5.07. The summed E-state index contributed by atoms with van der Waals surface area (Å²) >= 11 is 3.44. The zero-order chi connectivity index (χ0) is 15.5. The molecule has 0 radical (unpaired) electrons. The van der Waals surface area contributed by atoms with E-state index in [2.05, 4.69) is 39.5 Å². The second kappa shape index (κ2) is 7.96. The van der Waals surface area contributed by atoms with Crippen molar-refractivity contribution in [3.63, 3.8) is 0 Å². The number of aliphatic imine (C=N–C) groups is 1. The standard InChI is InChI=1S/C18H15N3S2.BrH/c1-3-7-14(8-4-1)16-13-23-18(20-16)21(17-19-11-12-22-17)15-9-5-2-6-10-15;/h1-10,13H,11-12H2;1H. The van der Waals surface area contributed by atoms with E-state index >= 15 is 0 Å². The molecule has 3 aromatic rings. The summed E-state index contributed by atoms with van der Waals surface area (Å²) in [5.74, 6) is 1.04. The van der Waals surface area contributed by atoms with Gasteiger partial charge in [0, 0.05) is 16.7 Å². The molecule has 0 N–H and O–H groups in total. The number of amidine groups is 1. The van der Waals surface area contributed by atoms with Crippen molar-refractivity contribution in [1.82, 2.24) is 4.98 Å². The first-order chi connectivity index (χ1) is 11.4. The Bertz CT molecular complexity index is 819. The van der Waals surface area contributed by atoms with Crippen LogP contribution in [0.4, 0.5) is 10.8 Å². The van der Waals surface area contributed by atoms with E-state index in [1.54, 1.807) is 23.1 Å². The lowest BCUT2D eigenvalue weighted by Gasteiger charge is -2.20. The van der Waals surface area contributed by atoms with E-state index in [4.69, 9.17) is 4.98 Å². The Morgan fingerprint density at radius 2 is 1.62 bits per heavy atom. The number of rotatable bonds is 3. The lowest BCUT2D eigenvalue weighted by Crippen LogP contribution is -2.21. The van der Waals surface area contributed by atoms with E-state index in [0.29, 0.717) is 0 Å². The van der Waals surface area contributed by atoms with Crippen molar-refractivity contribution >= 4 is 56.1 Å². The Labute approximate surface area is 160 Å². The molecule has 0 aliphatic carbocycles. The third-order valence-electron chi connectivity index (χ3n) is 3.53. The monoisotopic (exact) mass is 417 g/mol. The highest BCUT2D eigenvalue weighted by Crippen LogP contribution is 2.35. The van der Waals surface area contributed by atoms with Crippen LogP contribution in [0, 0.1) is 0 Å². The first kappa shape index (κ1) is 17.2. The van der Waals surface area contributed by atoms with Gasteiger partial charge in [-0.05, 0) is 12.1 Å². The number of aromatic nitrogens is 1. The summed E-state index contributed by atoms with van der Waals surface area (Å²) in [4.78, 5) is 11.7. The van der Waals surface area contributed by atoms with E-state index in [9.17, 15) is 0 Å². The highest BCUT2D eigenvalue weighted by Gasteiger charge is 2.22. The zero-order valence-electron chi connectivity index (χ0n) is 12.8. The quantitative estimate of drug-likeness (QED) is 0.552. The second-order valence-corrected chi connectivity index (χ2v) is 6.96. The fraction of sp³-hybridized carbons (Fsp3) is 0.111. The van der Waals surface area contributed by atoms with Crippen LogP contribution in [-0.4, -0.2) is 22.4 Å². The number of anilines is 2. The molecule has 24 heavy (non-hydrogen) atoms. The Kier molecular flexibility index (Phi) is 5.71. The normalized spacial score (nSPS) is 13.2. The topological polar surface area (TPSA) is 28.5 Å². The van der Waals surface area contributed by atoms with Crippen LogP contribution in [0.3, 0.4) is 0 Å². The smallest absolute Gasteiger partial charge is 0.196 e. The molecule has 1 aromatic heterocycles. The number of hydrogen-bond donors (Lipinski definition) is 0. The van der Waals surface area contributed by atoms with Crippen molar-refractivity contribution in [3.8, 4) is 11.3 Å². The number of thioether (sulfide) groups is 1. The molecule has 0 fully saturated rings. The van der Waals surface area contributed by atoms with Gasteiger partial charge in [-0.25, -0.2) is 4.98 Å². The van der Waals surface area contributed by atoms with Crippen molar-refractivity contribution in [1.29, 1.82) is 0 Å². The number of thiazole rings is 1. The van der Waals surface area contributed by atoms with Crippen molar-refractivity contribution in [2.24, 2.45) is 4.99 Å². The summed E-state index contributed by atoms with van der Waals surface area (Å²) in [7, 11) is 0. The van der Waals surface area contributed by atoms with Gasteiger partial charge in [0.15, 0.2) is 10.3 Å². The molecule has 1 aliphatic heterocycles. The number of hydrogen-bond acceptors (Lipinski definition) is 5.